The van der Waals surface area contributed by atoms with E-state index < -0.39 is 42.3 Å². The summed E-state index contributed by atoms with van der Waals surface area (Å²) >= 11 is 0. The van der Waals surface area contributed by atoms with Gasteiger partial charge in [-0.05, 0) is 43.2 Å². The molecule has 0 bridgehead atoms. The number of benzene rings is 1. The molecular formula is C27H36N4O9. The molecule has 1 aromatic carbocycles. The van der Waals surface area contributed by atoms with Gasteiger partial charge in [0.15, 0.2) is 12.4 Å². The minimum atomic E-state index is -0.705. The van der Waals surface area contributed by atoms with E-state index in [2.05, 4.69) is 10.6 Å². The summed E-state index contributed by atoms with van der Waals surface area (Å²) in [5, 5.41) is 15.6. The first-order valence-corrected chi connectivity index (χ1v) is 12.9. The Morgan fingerprint density at radius 3 is 2.50 bits per heavy atom. The zero-order chi connectivity index (χ0) is 29.7. The number of nitrogens with zero attached hydrogens (tertiary/aromatic N) is 1. The maximum Gasteiger partial charge on any atom is 0.338 e. The lowest BCUT2D eigenvalue weighted by atomic mass is 9.90. The number of hydrogen-bond acceptors (Lipinski definition) is 9. The Labute approximate surface area is 231 Å². The van der Waals surface area contributed by atoms with Crippen LogP contribution in [0.2, 0.25) is 0 Å². The molecular weight excluding hydrogens is 524 g/mol. The molecule has 1 unspecified atom stereocenters. The third-order valence-corrected chi connectivity index (χ3v) is 6.12. The predicted molar refractivity (Wildman–Crippen MR) is 142 cm³/mol. The van der Waals surface area contributed by atoms with Crippen LogP contribution < -0.4 is 21.1 Å². The molecule has 0 fully saturated rings. The SMILES string of the molecule is CCCCCC(C(=O)NCNC(=O)c1ccc(-c2cc(OCC(N)=O)cc(C(=O)OC)c2)o1)[C@@H](CC)N(O)C=O. The molecule has 40 heavy (non-hydrogen) atoms. The molecule has 4 amide bonds. The maximum absolute atomic E-state index is 12.9. The van der Waals surface area contributed by atoms with Gasteiger partial charge in [0.1, 0.15) is 11.5 Å². The molecule has 0 aliphatic heterocycles. The zero-order valence-electron chi connectivity index (χ0n) is 22.8. The molecule has 218 valence electrons. The molecule has 13 nitrogen and oxygen atoms in total. The molecule has 1 aromatic heterocycles. The van der Waals surface area contributed by atoms with Gasteiger partial charge in [-0.3, -0.25) is 24.4 Å². The predicted octanol–water partition coefficient (Wildman–Crippen LogP) is 2.22. The Morgan fingerprint density at radius 2 is 1.88 bits per heavy atom. The number of carbonyl (C=O) groups excluding carboxylic acids is 5. The third kappa shape index (κ3) is 9.12. The second-order valence-electron chi connectivity index (χ2n) is 8.94. The molecule has 2 aromatic rings. The van der Waals surface area contributed by atoms with Crippen molar-refractivity contribution in [2.75, 3.05) is 20.4 Å². The van der Waals surface area contributed by atoms with Gasteiger partial charge in [0.05, 0.1) is 31.3 Å². The number of ether oxygens (including phenoxy) is 2. The number of methoxy groups -OCH3 is 1. The summed E-state index contributed by atoms with van der Waals surface area (Å²) in [5.74, 6) is -2.72. The average molecular weight is 561 g/mol. The summed E-state index contributed by atoms with van der Waals surface area (Å²) in [6, 6.07) is 6.57. The maximum atomic E-state index is 12.9. The molecule has 13 heteroatoms. The molecule has 0 spiro atoms. The first kappa shape index (κ1) is 31.8. The van der Waals surface area contributed by atoms with Crippen molar-refractivity contribution in [3.05, 3.63) is 41.7 Å². The van der Waals surface area contributed by atoms with Crippen LogP contribution in [0.3, 0.4) is 0 Å². The highest BCUT2D eigenvalue weighted by Crippen LogP contribution is 2.28. The van der Waals surface area contributed by atoms with E-state index >= 15 is 0 Å². The van der Waals surface area contributed by atoms with Crippen LogP contribution in [0.1, 0.15) is 66.9 Å². The highest BCUT2D eigenvalue weighted by atomic mass is 16.5. The summed E-state index contributed by atoms with van der Waals surface area (Å²) < 4.78 is 15.7. The van der Waals surface area contributed by atoms with Crippen molar-refractivity contribution in [1.82, 2.24) is 15.7 Å². The highest BCUT2D eigenvalue weighted by Gasteiger charge is 2.30. The number of hydroxylamine groups is 2. The van der Waals surface area contributed by atoms with E-state index in [0.717, 1.165) is 19.3 Å². The van der Waals surface area contributed by atoms with Crippen LogP contribution in [-0.4, -0.2) is 66.8 Å². The van der Waals surface area contributed by atoms with Gasteiger partial charge in [0, 0.05) is 5.56 Å². The first-order valence-electron chi connectivity index (χ1n) is 12.9. The number of amides is 4. The molecule has 5 N–H and O–H groups in total. The summed E-state index contributed by atoms with van der Waals surface area (Å²) in [4.78, 5) is 59.8. The van der Waals surface area contributed by atoms with Crippen molar-refractivity contribution in [3.63, 3.8) is 0 Å². The Balaban J connectivity index is 2.10. The van der Waals surface area contributed by atoms with E-state index in [1.807, 2.05) is 6.92 Å². The number of primary amides is 1. The number of esters is 1. The minimum Gasteiger partial charge on any atom is -0.484 e. The molecule has 2 rings (SSSR count). The molecule has 0 aliphatic carbocycles. The molecule has 0 radical (unpaired) electrons. The van der Waals surface area contributed by atoms with Gasteiger partial charge in [-0.2, -0.15) is 0 Å². The molecule has 2 atom stereocenters. The van der Waals surface area contributed by atoms with Crippen LogP contribution >= 0.6 is 0 Å². The van der Waals surface area contributed by atoms with Crippen molar-refractivity contribution >= 4 is 30.1 Å². The standard InChI is InChI=1S/C27H36N4O9/c1-4-6-7-8-20(21(5-2)31(37)16-32)25(34)29-15-30-26(35)23-10-9-22(40-23)17-11-18(27(36)38-3)13-19(12-17)39-14-24(28)33/h9-13,16,20-21,37H,4-8,14-15H2,1-3H3,(H2,28,33)(H,29,34)(H,30,35)/t20?,21-/m1/s1. The Hall–Kier alpha value is -4.39. The molecule has 1 heterocycles. The van der Waals surface area contributed by atoms with E-state index in [1.165, 1.54) is 37.4 Å². The van der Waals surface area contributed by atoms with Gasteiger partial charge >= 0.3 is 5.97 Å². The fourth-order valence-corrected chi connectivity index (χ4v) is 4.11. The van der Waals surface area contributed by atoms with E-state index in [-0.39, 0.29) is 35.9 Å². The largest absolute Gasteiger partial charge is 0.484 e. The van der Waals surface area contributed by atoms with Gasteiger partial charge in [0.25, 0.3) is 11.8 Å². The number of hydrogen-bond donors (Lipinski definition) is 4. The van der Waals surface area contributed by atoms with Crippen LogP contribution in [-0.2, 0) is 19.1 Å². The van der Waals surface area contributed by atoms with Crippen LogP contribution in [0.15, 0.2) is 34.7 Å². The lowest BCUT2D eigenvalue weighted by molar-refractivity contribution is -0.168. The second-order valence-corrected chi connectivity index (χ2v) is 8.94. The van der Waals surface area contributed by atoms with Gasteiger partial charge in [0.2, 0.25) is 12.3 Å². The van der Waals surface area contributed by atoms with E-state index in [4.69, 9.17) is 19.6 Å². The van der Waals surface area contributed by atoms with Gasteiger partial charge < -0.3 is 30.3 Å². The summed E-state index contributed by atoms with van der Waals surface area (Å²) in [6.45, 7) is 3.16. The lowest BCUT2D eigenvalue weighted by Crippen LogP contribution is -2.47. The normalized spacial score (nSPS) is 12.1. The van der Waals surface area contributed by atoms with Crippen LogP contribution in [0.4, 0.5) is 0 Å². The fraction of sp³-hybridized carbons (Fsp3) is 0.444. The summed E-state index contributed by atoms with van der Waals surface area (Å²) in [7, 11) is 1.21. The number of carbonyl (C=O) groups is 5. The Bertz CT molecular complexity index is 1180. The zero-order valence-corrected chi connectivity index (χ0v) is 22.8. The van der Waals surface area contributed by atoms with E-state index in [9.17, 15) is 29.2 Å². The van der Waals surface area contributed by atoms with Crippen molar-refractivity contribution in [3.8, 4) is 17.1 Å². The van der Waals surface area contributed by atoms with Crippen molar-refractivity contribution in [2.45, 2.75) is 52.0 Å². The summed E-state index contributed by atoms with van der Waals surface area (Å²) in [6.07, 6.45) is 3.69. The number of furan rings is 1. The smallest absolute Gasteiger partial charge is 0.338 e. The minimum absolute atomic E-state index is 0.0688. The Kier molecular flexibility index (Phi) is 12.6. The van der Waals surface area contributed by atoms with Gasteiger partial charge in [-0.1, -0.05) is 33.1 Å². The van der Waals surface area contributed by atoms with Crippen molar-refractivity contribution in [1.29, 1.82) is 0 Å². The van der Waals surface area contributed by atoms with Crippen LogP contribution in [0.5, 0.6) is 5.75 Å². The molecule has 0 saturated carbocycles. The highest BCUT2D eigenvalue weighted by molar-refractivity contribution is 5.93. The molecule has 0 saturated heterocycles. The number of unbranched alkanes of at least 4 members (excludes halogenated alkanes) is 2. The van der Waals surface area contributed by atoms with Gasteiger partial charge in [-0.25, -0.2) is 9.86 Å². The van der Waals surface area contributed by atoms with Crippen molar-refractivity contribution in [2.24, 2.45) is 11.7 Å². The number of nitrogens with one attached hydrogen (secondary N) is 2. The Morgan fingerprint density at radius 1 is 1.12 bits per heavy atom. The second kappa shape index (κ2) is 15.9. The van der Waals surface area contributed by atoms with Gasteiger partial charge in [-0.15, -0.1) is 0 Å². The number of nitrogens with two attached hydrogens (primary N) is 1. The third-order valence-electron chi connectivity index (χ3n) is 6.12. The van der Waals surface area contributed by atoms with E-state index in [1.54, 1.807) is 6.92 Å². The van der Waals surface area contributed by atoms with Crippen LogP contribution in [0.25, 0.3) is 11.3 Å². The van der Waals surface area contributed by atoms with E-state index in [0.29, 0.717) is 23.5 Å². The van der Waals surface area contributed by atoms with Crippen molar-refractivity contribution < 1.29 is 43.1 Å². The monoisotopic (exact) mass is 560 g/mol. The molecule has 0 aliphatic rings. The fourth-order valence-electron chi connectivity index (χ4n) is 4.11. The topological polar surface area (TPSA) is 190 Å². The quantitative estimate of drug-likeness (QED) is 0.0561. The lowest BCUT2D eigenvalue weighted by Gasteiger charge is -2.29. The number of rotatable bonds is 17. The average Bonchev–Trinajstić information content (AvgIpc) is 3.45. The first-order chi connectivity index (χ1) is 19.1. The van der Waals surface area contributed by atoms with Crippen LogP contribution in [0, 0.1) is 5.92 Å². The summed E-state index contributed by atoms with van der Waals surface area (Å²) in [5.41, 5.74) is 5.62.